The average Bonchev–Trinajstić information content (AvgIpc) is 3.47. The van der Waals surface area contributed by atoms with Crippen LogP contribution in [0.1, 0.15) is 22.3 Å². The molecule has 4 aromatic carbocycles. The molecular formula is C41H26F6N6O2. The summed E-state index contributed by atoms with van der Waals surface area (Å²) >= 11 is 0. The van der Waals surface area contributed by atoms with Crippen molar-refractivity contribution >= 4 is 21.8 Å². The molecule has 4 aromatic heterocycles. The highest BCUT2D eigenvalue weighted by Crippen LogP contribution is 2.40. The smallest absolute Gasteiger partial charge is 0.418 e. The number of nitrogens with zero attached hydrogens (tertiary/aromatic N) is 6. The number of halogens is 6. The maximum atomic E-state index is 13.9. The first-order valence-corrected chi connectivity index (χ1v) is 16.7. The lowest BCUT2D eigenvalue weighted by Gasteiger charge is -2.14. The minimum Gasteiger partial charge on any atom is -0.457 e. The van der Waals surface area contributed by atoms with Crippen LogP contribution in [0.3, 0.4) is 0 Å². The lowest BCUT2D eigenvalue weighted by atomic mass is 10.0. The van der Waals surface area contributed by atoms with Crippen molar-refractivity contribution in [1.82, 2.24) is 29.5 Å². The van der Waals surface area contributed by atoms with E-state index in [0.29, 0.717) is 62.4 Å². The molecule has 8 rings (SSSR count). The molecule has 55 heavy (non-hydrogen) atoms. The van der Waals surface area contributed by atoms with Gasteiger partial charge in [0.15, 0.2) is 0 Å². The van der Waals surface area contributed by atoms with E-state index in [4.69, 9.17) is 9.47 Å². The fraction of sp³-hybridized carbons (Fsp3) is 0.0976. The molecule has 8 nitrogen and oxygen atoms in total. The molecule has 0 unspecified atom stereocenters. The van der Waals surface area contributed by atoms with Crippen LogP contribution < -0.4 is 9.47 Å². The molecule has 0 aliphatic heterocycles. The summed E-state index contributed by atoms with van der Waals surface area (Å²) in [6.07, 6.45) is -4.17. The Labute approximate surface area is 308 Å². The quantitative estimate of drug-likeness (QED) is 0.150. The number of rotatable bonds is 7. The third-order valence-corrected chi connectivity index (χ3v) is 8.81. The first-order valence-electron chi connectivity index (χ1n) is 16.7. The maximum absolute atomic E-state index is 13.9. The first-order chi connectivity index (χ1) is 26.3. The summed E-state index contributed by atoms with van der Waals surface area (Å²) in [7, 11) is 0. The van der Waals surface area contributed by atoms with Crippen LogP contribution >= 0.6 is 0 Å². The lowest BCUT2D eigenvalue weighted by molar-refractivity contribution is -0.138. The Morgan fingerprint density at radius 2 is 1.09 bits per heavy atom. The monoisotopic (exact) mass is 748 g/mol. The van der Waals surface area contributed by atoms with Crippen LogP contribution in [-0.2, 0) is 12.4 Å². The van der Waals surface area contributed by atoms with E-state index in [-0.39, 0.29) is 11.3 Å². The molecule has 0 bridgehead atoms. The second-order valence-electron chi connectivity index (χ2n) is 12.7. The molecule has 0 aliphatic carbocycles. The van der Waals surface area contributed by atoms with Crippen molar-refractivity contribution in [3.05, 3.63) is 144 Å². The Bertz CT molecular complexity index is 2730. The van der Waals surface area contributed by atoms with Gasteiger partial charge in [-0.05, 0) is 85.6 Å². The van der Waals surface area contributed by atoms with Crippen molar-refractivity contribution < 1.29 is 35.8 Å². The Kier molecular flexibility index (Phi) is 8.67. The molecule has 4 heterocycles. The molecular weight excluding hydrogens is 722 g/mol. The van der Waals surface area contributed by atoms with Crippen LogP contribution in [0.25, 0.3) is 50.3 Å². The summed E-state index contributed by atoms with van der Waals surface area (Å²) in [5.41, 5.74) is 1.46. The number of benzene rings is 4. The van der Waals surface area contributed by atoms with E-state index >= 15 is 0 Å². The average molecular weight is 749 g/mol. The fourth-order valence-electron chi connectivity index (χ4n) is 6.40. The Morgan fingerprint density at radius 1 is 0.545 bits per heavy atom. The minimum absolute atomic E-state index is 0.204. The van der Waals surface area contributed by atoms with Gasteiger partial charge in [0.1, 0.15) is 35.7 Å². The third kappa shape index (κ3) is 7.01. The van der Waals surface area contributed by atoms with Crippen LogP contribution in [0.5, 0.6) is 23.0 Å². The van der Waals surface area contributed by atoms with Gasteiger partial charge in [-0.1, -0.05) is 24.3 Å². The molecule has 0 spiro atoms. The molecule has 0 atom stereocenters. The fourth-order valence-corrected chi connectivity index (χ4v) is 6.40. The van der Waals surface area contributed by atoms with Gasteiger partial charge in [0.2, 0.25) is 5.95 Å². The molecule has 0 saturated carbocycles. The van der Waals surface area contributed by atoms with Crippen LogP contribution in [0.4, 0.5) is 26.3 Å². The minimum atomic E-state index is -4.60. The molecule has 14 heteroatoms. The lowest BCUT2D eigenvalue weighted by Crippen LogP contribution is -2.09. The highest BCUT2D eigenvalue weighted by atomic mass is 19.4. The Morgan fingerprint density at radius 3 is 1.64 bits per heavy atom. The molecule has 274 valence electrons. The van der Waals surface area contributed by atoms with E-state index in [0.717, 1.165) is 29.1 Å². The van der Waals surface area contributed by atoms with E-state index in [1.165, 1.54) is 24.9 Å². The molecule has 8 aromatic rings. The van der Waals surface area contributed by atoms with Gasteiger partial charge < -0.3 is 9.47 Å². The number of hydrogen-bond donors (Lipinski definition) is 0. The SMILES string of the molecule is Cc1cnc(-c2cccc(Oc3ccc4c5ccc(Oc6cccc(-c7ncc(C(F)(F)F)cc7C)c6)cc5n(-c5ncncn5)c4c3)c2)c(C(F)(F)F)c1. The normalized spacial score (nSPS) is 12.0. The predicted molar refractivity (Wildman–Crippen MR) is 193 cm³/mol. The number of fused-ring (bicyclic) bond motifs is 3. The number of aryl methyl sites for hydroxylation is 2. The summed E-state index contributed by atoms with van der Waals surface area (Å²) in [4.78, 5) is 20.9. The summed E-state index contributed by atoms with van der Waals surface area (Å²) < 4.78 is 95.8. The standard InChI is InChI=1S/C41H26F6N6O2/c1-23-13-34(41(45,46)47)38(49-19-23)26-6-4-8-29(16-26)55-31-10-12-33-32-11-9-30(17-35(32)53(36(33)18-31)39-51-21-48-22-52-39)54-28-7-3-5-25(15-28)37-24(2)14-27(20-50-37)40(42,43)44/h3-22H,1-2H3. The zero-order valence-corrected chi connectivity index (χ0v) is 28.8. The van der Waals surface area contributed by atoms with Crippen LogP contribution in [0.2, 0.25) is 0 Å². The van der Waals surface area contributed by atoms with Gasteiger partial charge in [-0.15, -0.1) is 0 Å². The van der Waals surface area contributed by atoms with E-state index in [2.05, 4.69) is 24.9 Å². The number of alkyl halides is 6. The van der Waals surface area contributed by atoms with Crippen LogP contribution in [0.15, 0.2) is 122 Å². The largest absolute Gasteiger partial charge is 0.457 e. The predicted octanol–water partition coefficient (Wildman–Crippen LogP) is 11.3. The van der Waals surface area contributed by atoms with Gasteiger partial charge in [-0.25, -0.2) is 15.0 Å². The number of pyridine rings is 2. The van der Waals surface area contributed by atoms with Crippen LogP contribution in [-0.4, -0.2) is 29.5 Å². The topological polar surface area (TPSA) is 87.8 Å². The van der Waals surface area contributed by atoms with E-state index in [1.807, 2.05) is 18.2 Å². The second kappa shape index (κ2) is 13.5. The number of ether oxygens (including phenoxy) is 2. The molecule has 0 aliphatic rings. The number of hydrogen-bond acceptors (Lipinski definition) is 7. The second-order valence-corrected chi connectivity index (χ2v) is 12.7. The first kappa shape index (κ1) is 35.2. The van der Waals surface area contributed by atoms with Gasteiger partial charge in [-0.2, -0.15) is 26.3 Å². The van der Waals surface area contributed by atoms with Gasteiger partial charge in [0.25, 0.3) is 0 Å². The van der Waals surface area contributed by atoms with Gasteiger partial charge >= 0.3 is 12.4 Å². The van der Waals surface area contributed by atoms with Crippen molar-refractivity contribution in [1.29, 1.82) is 0 Å². The van der Waals surface area contributed by atoms with Crippen molar-refractivity contribution in [2.45, 2.75) is 26.2 Å². The van der Waals surface area contributed by atoms with Crippen molar-refractivity contribution in [3.8, 4) is 51.5 Å². The highest BCUT2D eigenvalue weighted by Gasteiger charge is 2.35. The molecule has 0 fully saturated rings. The van der Waals surface area contributed by atoms with Crippen molar-refractivity contribution in [3.63, 3.8) is 0 Å². The molecule has 0 amide bonds. The van der Waals surface area contributed by atoms with Crippen molar-refractivity contribution in [2.24, 2.45) is 0 Å². The van der Waals surface area contributed by atoms with Gasteiger partial charge in [0, 0.05) is 46.4 Å². The van der Waals surface area contributed by atoms with Crippen LogP contribution in [0, 0.1) is 13.8 Å². The highest BCUT2D eigenvalue weighted by molar-refractivity contribution is 6.09. The Balaban J connectivity index is 1.15. The van der Waals surface area contributed by atoms with E-state index in [9.17, 15) is 26.3 Å². The summed E-state index contributed by atoms with van der Waals surface area (Å²) in [5, 5.41) is 1.66. The number of aromatic nitrogens is 6. The van der Waals surface area contributed by atoms with Gasteiger partial charge in [-0.3, -0.25) is 14.5 Å². The molecule has 0 radical (unpaired) electrons. The summed E-state index contributed by atoms with van der Waals surface area (Å²) in [6, 6.07) is 26.2. The Hall–Kier alpha value is -6.83. The summed E-state index contributed by atoms with van der Waals surface area (Å²) in [5.74, 6) is 1.89. The van der Waals surface area contributed by atoms with E-state index in [1.54, 1.807) is 79.1 Å². The summed E-state index contributed by atoms with van der Waals surface area (Å²) in [6.45, 7) is 3.13. The third-order valence-electron chi connectivity index (χ3n) is 8.81. The van der Waals surface area contributed by atoms with Crippen molar-refractivity contribution in [2.75, 3.05) is 0 Å². The zero-order valence-electron chi connectivity index (χ0n) is 28.8. The zero-order chi connectivity index (χ0) is 38.5. The molecule has 0 N–H and O–H groups in total. The maximum Gasteiger partial charge on any atom is 0.418 e. The molecule has 0 saturated heterocycles. The van der Waals surface area contributed by atoms with Gasteiger partial charge in [0.05, 0.1) is 33.5 Å². The van der Waals surface area contributed by atoms with E-state index < -0.39 is 23.5 Å².